The molecule has 3 heteroatoms. The van der Waals surface area contributed by atoms with Crippen LogP contribution in [0.5, 0.6) is 5.75 Å². The van der Waals surface area contributed by atoms with E-state index in [1.54, 1.807) is 6.07 Å². The Labute approximate surface area is 111 Å². The summed E-state index contributed by atoms with van der Waals surface area (Å²) in [6.07, 6.45) is 0.978. The summed E-state index contributed by atoms with van der Waals surface area (Å²) in [5.74, 6) is 0.164. The predicted molar refractivity (Wildman–Crippen MR) is 70.7 cm³/mol. The smallest absolute Gasteiger partial charge is 0.125 e. The van der Waals surface area contributed by atoms with E-state index in [1.807, 2.05) is 24.3 Å². The summed E-state index contributed by atoms with van der Waals surface area (Å²) in [5, 5.41) is 10.9. The van der Waals surface area contributed by atoms with Crippen LogP contribution in [0.15, 0.2) is 42.5 Å². The molecule has 2 aromatic rings. The SMILES string of the molecule is COc1ccc(F)cc1C1(O)Cc2ccccc2C1. The van der Waals surface area contributed by atoms with Gasteiger partial charge in [0.05, 0.1) is 7.11 Å². The van der Waals surface area contributed by atoms with E-state index in [2.05, 4.69) is 0 Å². The van der Waals surface area contributed by atoms with E-state index in [4.69, 9.17) is 4.74 Å². The average molecular weight is 258 g/mol. The van der Waals surface area contributed by atoms with Gasteiger partial charge in [0.25, 0.3) is 0 Å². The third-order valence-electron chi connectivity index (χ3n) is 3.75. The summed E-state index contributed by atoms with van der Waals surface area (Å²) in [4.78, 5) is 0. The van der Waals surface area contributed by atoms with E-state index < -0.39 is 5.60 Å². The van der Waals surface area contributed by atoms with Crippen LogP contribution < -0.4 is 4.74 Å². The van der Waals surface area contributed by atoms with Crippen molar-refractivity contribution in [1.29, 1.82) is 0 Å². The molecule has 1 aliphatic rings. The van der Waals surface area contributed by atoms with Crippen molar-refractivity contribution in [3.8, 4) is 5.75 Å². The Morgan fingerprint density at radius 2 is 1.74 bits per heavy atom. The minimum absolute atomic E-state index is 0.361. The van der Waals surface area contributed by atoms with E-state index in [0.717, 1.165) is 11.1 Å². The summed E-state index contributed by atoms with van der Waals surface area (Å²) in [5.41, 5.74) is 1.65. The first-order chi connectivity index (χ1) is 9.12. The van der Waals surface area contributed by atoms with Crippen molar-refractivity contribution >= 4 is 0 Å². The van der Waals surface area contributed by atoms with Crippen LogP contribution in [0.25, 0.3) is 0 Å². The monoisotopic (exact) mass is 258 g/mol. The number of methoxy groups -OCH3 is 1. The maximum absolute atomic E-state index is 13.5. The molecular weight excluding hydrogens is 243 g/mol. The lowest BCUT2D eigenvalue weighted by Crippen LogP contribution is -2.27. The highest BCUT2D eigenvalue weighted by molar-refractivity contribution is 5.45. The fraction of sp³-hybridized carbons (Fsp3) is 0.250. The second kappa shape index (κ2) is 4.35. The van der Waals surface area contributed by atoms with Crippen molar-refractivity contribution in [3.05, 3.63) is 65.0 Å². The van der Waals surface area contributed by atoms with Gasteiger partial charge >= 0.3 is 0 Å². The molecule has 1 N–H and O–H groups in total. The quantitative estimate of drug-likeness (QED) is 0.897. The molecule has 0 amide bonds. The first kappa shape index (κ1) is 12.2. The third kappa shape index (κ3) is 2.00. The number of rotatable bonds is 2. The zero-order valence-electron chi connectivity index (χ0n) is 10.7. The molecule has 0 radical (unpaired) electrons. The molecule has 0 saturated carbocycles. The Morgan fingerprint density at radius 1 is 1.11 bits per heavy atom. The Morgan fingerprint density at radius 3 is 2.32 bits per heavy atom. The Kier molecular flexibility index (Phi) is 2.79. The largest absolute Gasteiger partial charge is 0.496 e. The van der Waals surface area contributed by atoms with Crippen molar-refractivity contribution in [1.82, 2.24) is 0 Å². The molecule has 0 unspecified atom stereocenters. The van der Waals surface area contributed by atoms with Crippen LogP contribution in [0, 0.1) is 5.82 Å². The van der Waals surface area contributed by atoms with Gasteiger partial charge < -0.3 is 9.84 Å². The molecule has 0 aliphatic heterocycles. The van der Waals surface area contributed by atoms with Crippen LogP contribution in [-0.2, 0) is 18.4 Å². The molecular formula is C16H15FO2. The van der Waals surface area contributed by atoms with Gasteiger partial charge in [-0.05, 0) is 29.3 Å². The number of ether oxygens (including phenoxy) is 1. The molecule has 0 spiro atoms. The van der Waals surface area contributed by atoms with E-state index >= 15 is 0 Å². The van der Waals surface area contributed by atoms with Gasteiger partial charge in [-0.1, -0.05) is 24.3 Å². The van der Waals surface area contributed by atoms with E-state index in [1.165, 1.54) is 19.2 Å². The van der Waals surface area contributed by atoms with Crippen molar-refractivity contribution < 1.29 is 14.2 Å². The second-order valence-corrected chi connectivity index (χ2v) is 5.00. The van der Waals surface area contributed by atoms with Gasteiger partial charge in [-0.25, -0.2) is 4.39 Å². The molecule has 0 saturated heterocycles. The predicted octanol–water partition coefficient (Wildman–Crippen LogP) is 2.82. The summed E-state index contributed by atoms with van der Waals surface area (Å²) in [7, 11) is 1.53. The third-order valence-corrected chi connectivity index (χ3v) is 3.75. The fourth-order valence-electron chi connectivity index (χ4n) is 2.83. The van der Waals surface area contributed by atoms with Crippen molar-refractivity contribution in [3.63, 3.8) is 0 Å². The molecule has 2 nitrogen and oxygen atoms in total. The lowest BCUT2D eigenvalue weighted by molar-refractivity contribution is 0.0453. The topological polar surface area (TPSA) is 29.5 Å². The molecule has 19 heavy (non-hydrogen) atoms. The van der Waals surface area contributed by atoms with Crippen molar-refractivity contribution in [2.45, 2.75) is 18.4 Å². The molecule has 0 atom stereocenters. The maximum atomic E-state index is 13.5. The number of fused-ring (bicyclic) bond motifs is 1. The van der Waals surface area contributed by atoms with Gasteiger partial charge in [0.1, 0.15) is 17.2 Å². The van der Waals surface area contributed by atoms with E-state index in [-0.39, 0.29) is 5.82 Å². The minimum Gasteiger partial charge on any atom is -0.496 e. The Hall–Kier alpha value is -1.87. The number of aliphatic hydroxyl groups is 1. The van der Waals surface area contributed by atoms with Crippen LogP contribution in [0.3, 0.4) is 0 Å². The zero-order chi connectivity index (χ0) is 13.5. The molecule has 2 aromatic carbocycles. The number of hydrogen-bond acceptors (Lipinski definition) is 2. The van der Waals surface area contributed by atoms with Crippen LogP contribution in [-0.4, -0.2) is 12.2 Å². The van der Waals surface area contributed by atoms with Gasteiger partial charge in [0.15, 0.2) is 0 Å². The molecule has 1 aliphatic carbocycles. The summed E-state index contributed by atoms with van der Waals surface area (Å²) in [6.45, 7) is 0. The summed E-state index contributed by atoms with van der Waals surface area (Å²) >= 11 is 0. The molecule has 3 rings (SSSR count). The lowest BCUT2D eigenvalue weighted by Gasteiger charge is -2.25. The van der Waals surface area contributed by atoms with Gasteiger partial charge in [-0.2, -0.15) is 0 Å². The van der Waals surface area contributed by atoms with E-state index in [0.29, 0.717) is 24.2 Å². The minimum atomic E-state index is -1.09. The van der Waals surface area contributed by atoms with Gasteiger partial charge in [0, 0.05) is 18.4 Å². The fourth-order valence-corrected chi connectivity index (χ4v) is 2.83. The standard InChI is InChI=1S/C16H15FO2/c1-19-15-7-6-13(17)8-14(15)16(18)9-11-4-2-3-5-12(11)10-16/h2-8,18H,9-10H2,1H3. The molecule has 98 valence electrons. The van der Waals surface area contributed by atoms with Crippen molar-refractivity contribution in [2.24, 2.45) is 0 Å². The second-order valence-electron chi connectivity index (χ2n) is 5.00. The number of benzene rings is 2. The Balaban J connectivity index is 2.06. The van der Waals surface area contributed by atoms with E-state index in [9.17, 15) is 9.50 Å². The van der Waals surface area contributed by atoms with Crippen LogP contribution in [0.4, 0.5) is 4.39 Å². The van der Waals surface area contributed by atoms with Gasteiger partial charge in [0.2, 0.25) is 0 Å². The highest BCUT2D eigenvalue weighted by Gasteiger charge is 2.38. The summed E-state index contributed by atoms with van der Waals surface area (Å²) < 4.78 is 18.7. The number of halogens is 1. The lowest BCUT2D eigenvalue weighted by atomic mass is 9.90. The van der Waals surface area contributed by atoms with Crippen LogP contribution in [0.2, 0.25) is 0 Å². The van der Waals surface area contributed by atoms with Crippen molar-refractivity contribution in [2.75, 3.05) is 7.11 Å². The average Bonchev–Trinajstić information content (AvgIpc) is 2.76. The summed E-state index contributed by atoms with van der Waals surface area (Å²) in [6, 6.07) is 12.2. The van der Waals surface area contributed by atoms with Crippen LogP contribution >= 0.6 is 0 Å². The molecule has 0 heterocycles. The zero-order valence-corrected chi connectivity index (χ0v) is 10.7. The van der Waals surface area contributed by atoms with Gasteiger partial charge in [-0.3, -0.25) is 0 Å². The van der Waals surface area contributed by atoms with Crippen LogP contribution in [0.1, 0.15) is 16.7 Å². The Bertz CT molecular complexity index is 597. The first-order valence-corrected chi connectivity index (χ1v) is 6.25. The molecule has 0 aromatic heterocycles. The normalized spacial score (nSPS) is 16.2. The molecule has 0 bridgehead atoms. The number of hydrogen-bond donors (Lipinski definition) is 1. The highest BCUT2D eigenvalue weighted by Crippen LogP contribution is 2.41. The molecule has 0 fully saturated rings. The highest BCUT2D eigenvalue weighted by atomic mass is 19.1. The first-order valence-electron chi connectivity index (χ1n) is 6.25. The van der Waals surface area contributed by atoms with Gasteiger partial charge in [-0.15, -0.1) is 0 Å². The maximum Gasteiger partial charge on any atom is 0.125 e.